The molecule has 0 radical (unpaired) electrons. The summed E-state index contributed by atoms with van der Waals surface area (Å²) in [5, 5.41) is 0. The first-order valence-electron chi connectivity index (χ1n) is 4.88. The summed E-state index contributed by atoms with van der Waals surface area (Å²) in [4.78, 5) is 0. The van der Waals surface area contributed by atoms with Crippen molar-refractivity contribution in [2.75, 3.05) is 0 Å². The average molecular weight is 178 g/mol. The molecule has 1 nitrogen and oxygen atoms in total. The first-order chi connectivity index (χ1) is 6.26. The average Bonchev–Trinajstić information content (AvgIpc) is 2.02. The molecule has 0 amide bonds. The number of ether oxygens (including phenoxy) is 1. The van der Waals surface area contributed by atoms with E-state index in [-0.39, 0.29) is 0 Å². The Morgan fingerprint density at radius 3 is 2.62 bits per heavy atom. The summed E-state index contributed by atoms with van der Waals surface area (Å²) in [6.07, 6.45) is 10.4. The molecule has 0 aromatic heterocycles. The molecule has 0 heterocycles. The van der Waals surface area contributed by atoms with E-state index < -0.39 is 0 Å². The van der Waals surface area contributed by atoms with Gasteiger partial charge in [-0.2, -0.15) is 0 Å². The van der Waals surface area contributed by atoms with Crippen LogP contribution in [0, 0.1) is 5.92 Å². The minimum absolute atomic E-state index is 0.428. The molecule has 1 fully saturated rings. The zero-order chi connectivity index (χ0) is 9.68. The lowest BCUT2D eigenvalue weighted by Crippen LogP contribution is -2.28. The molecule has 0 N–H and O–H groups in total. The van der Waals surface area contributed by atoms with Crippen molar-refractivity contribution in [2.45, 2.75) is 32.8 Å². The van der Waals surface area contributed by atoms with Crippen LogP contribution in [0.2, 0.25) is 0 Å². The highest BCUT2D eigenvalue weighted by atomic mass is 16.5. The van der Waals surface area contributed by atoms with Gasteiger partial charge in [-0.3, -0.25) is 0 Å². The molecule has 0 bridgehead atoms. The van der Waals surface area contributed by atoms with Gasteiger partial charge in [0.15, 0.2) is 0 Å². The Bertz CT molecular complexity index is 219. The maximum absolute atomic E-state index is 5.74. The summed E-state index contributed by atoms with van der Waals surface area (Å²) in [5.74, 6) is 1.76. The Kier molecular flexibility index (Phi) is 3.81. The highest BCUT2D eigenvalue weighted by molar-refractivity contribution is 5.17. The fourth-order valence-electron chi connectivity index (χ4n) is 1.53. The molecule has 0 saturated heterocycles. The zero-order valence-corrected chi connectivity index (χ0v) is 8.49. The maximum Gasteiger partial charge on any atom is 0.119 e. The predicted octanol–water partition coefficient (Wildman–Crippen LogP) is 3.45. The van der Waals surface area contributed by atoms with Crippen LogP contribution in [0.1, 0.15) is 26.7 Å². The Hall–Kier alpha value is -0.980. The molecule has 1 aliphatic rings. The first kappa shape index (κ1) is 10.1. The minimum Gasteiger partial charge on any atom is -0.490 e. The van der Waals surface area contributed by atoms with Crippen molar-refractivity contribution in [1.82, 2.24) is 0 Å². The molecule has 1 rings (SSSR count). The monoisotopic (exact) mass is 178 g/mol. The van der Waals surface area contributed by atoms with E-state index in [2.05, 4.69) is 13.5 Å². The van der Waals surface area contributed by atoms with Gasteiger partial charge in [0, 0.05) is 0 Å². The van der Waals surface area contributed by atoms with Gasteiger partial charge in [0.2, 0.25) is 0 Å². The smallest absolute Gasteiger partial charge is 0.119 e. The van der Waals surface area contributed by atoms with Crippen LogP contribution in [0.25, 0.3) is 0 Å². The van der Waals surface area contributed by atoms with Crippen molar-refractivity contribution in [3.63, 3.8) is 0 Å². The van der Waals surface area contributed by atoms with Crippen LogP contribution in [0.3, 0.4) is 0 Å². The van der Waals surface area contributed by atoms with Crippen LogP contribution in [-0.4, -0.2) is 6.10 Å². The highest BCUT2D eigenvalue weighted by Crippen LogP contribution is 2.30. The molecular formula is C12H18O. The Morgan fingerprint density at radius 2 is 2.15 bits per heavy atom. The molecule has 0 unspecified atom stereocenters. The van der Waals surface area contributed by atoms with Crippen LogP contribution in [0.5, 0.6) is 0 Å². The van der Waals surface area contributed by atoms with Gasteiger partial charge in [-0.15, -0.1) is 0 Å². The van der Waals surface area contributed by atoms with Gasteiger partial charge in [-0.25, -0.2) is 0 Å². The van der Waals surface area contributed by atoms with E-state index in [9.17, 15) is 0 Å². The van der Waals surface area contributed by atoms with Crippen molar-refractivity contribution in [3.8, 4) is 0 Å². The molecule has 0 atom stereocenters. The molecule has 0 aromatic rings. The Balaban J connectivity index is 2.39. The third kappa shape index (κ3) is 3.10. The van der Waals surface area contributed by atoms with Crippen LogP contribution in [-0.2, 0) is 4.74 Å². The van der Waals surface area contributed by atoms with E-state index >= 15 is 0 Å². The maximum atomic E-state index is 5.74. The van der Waals surface area contributed by atoms with E-state index in [4.69, 9.17) is 4.74 Å². The van der Waals surface area contributed by atoms with Crippen molar-refractivity contribution in [3.05, 3.63) is 36.6 Å². The van der Waals surface area contributed by atoms with Gasteiger partial charge in [0.1, 0.15) is 5.76 Å². The lowest BCUT2D eigenvalue weighted by Gasteiger charge is -2.33. The largest absolute Gasteiger partial charge is 0.490 e. The van der Waals surface area contributed by atoms with E-state index in [1.54, 1.807) is 6.08 Å². The Morgan fingerprint density at radius 1 is 1.46 bits per heavy atom. The fraction of sp³-hybridized carbons (Fsp3) is 0.500. The van der Waals surface area contributed by atoms with Crippen molar-refractivity contribution in [1.29, 1.82) is 0 Å². The zero-order valence-electron chi connectivity index (χ0n) is 8.49. The number of hydrogen-bond acceptors (Lipinski definition) is 1. The van der Waals surface area contributed by atoms with E-state index in [1.807, 2.05) is 25.2 Å². The molecule has 13 heavy (non-hydrogen) atoms. The number of hydrogen-bond donors (Lipinski definition) is 0. The third-order valence-corrected chi connectivity index (χ3v) is 2.25. The molecule has 1 saturated carbocycles. The molecule has 0 aromatic carbocycles. The highest BCUT2D eigenvalue weighted by Gasteiger charge is 2.26. The van der Waals surface area contributed by atoms with Gasteiger partial charge in [-0.05, 0) is 37.8 Å². The van der Waals surface area contributed by atoms with Gasteiger partial charge in [-0.1, -0.05) is 25.7 Å². The summed E-state index contributed by atoms with van der Waals surface area (Å²) in [6.45, 7) is 7.90. The van der Waals surface area contributed by atoms with Crippen LogP contribution in [0.15, 0.2) is 36.6 Å². The lowest BCUT2D eigenvalue weighted by molar-refractivity contribution is 0.0229. The summed E-state index contributed by atoms with van der Waals surface area (Å²) in [6, 6.07) is 0. The molecular weight excluding hydrogens is 160 g/mol. The SMILES string of the molecule is C=C/C=C(\C=C/C)OC1CC(C)C1. The standard InChI is InChI=1S/C12H18O/c1-4-6-11(7-5-2)13-12-8-10(3)9-12/h4-7,10,12H,1,8-9H2,2-3H3/b7-5-,11-6+. The number of rotatable bonds is 4. The van der Waals surface area contributed by atoms with Crippen LogP contribution < -0.4 is 0 Å². The van der Waals surface area contributed by atoms with Gasteiger partial charge in [0.25, 0.3) is 0 Å². The van der Waals surface area contributed by atoms with E-state index in [0.29, 0.717) is 6.10 Å². The Labute approximate surface area is 80.8 Å². The van der Waals surface area contributed by atoms with Gasteiger partial charge in [0.05, 0.1) is 6.10 Å². The normalized spacial score (nSPS) is 28.6. The second-order valence-corrected chi connectivity index (χ2v) is 3.62. The summed E-state index contributed by atoms with van der Waals surface area (Å²) in [7, 11) is 0. The summed E-state index contributed by atoms with van der Waals surface area (Å²) < 4.78 is 5.74. The summed E-state index contributed by atoms with van der Waals surface area (Å²) >= 11 is 0. The van der Waals surface area contributed by atoms with Crippen LogP contribution in [0.4, 0.5) is 0 Å². The fourth-order valence-corrected chi connectivity index (χ4v) is 1.53. The molecule has 72 valence electrons. The number of allylic oxidation sites excluding steroid dienone is 4. The molecule has 0 aliphatic heterocycles. The topological polar surface area (TPSA) is 9.23 Å². The molecule has 0 spiro atoms. The van der Waals surface area contributed by atoms with Crippen molar-refractivity contribution >= 4 is 0 Å². The second kappa shape index (κ2) is 4.90. The predicted molar refractivity (Wildman–Crippen MR) is 56.4 cm³/mol. The van der Waals surface area contributed by atoms with Crippen molar-refractivity contribution in [2.24, 2.45) is 5.92 Å². The molecule has 1 heteroatoms. The van der Waals surface area contributed by atoms with Crippen molar-refractivity contribution < 1.29 is 4.74 Å². The third-order valence-electron chi connectivity index (χ3n) is 2.25. The van der Waals surface area contributed by atoms with Gasteiger partial charge >= 0.3 is 0 Å². The van der Waals surface area contributed by atoms with E-state index in [0.717, 1.165) is 11.7 Å². The summed E-state index contributed by atoms with van der Waals surface area (Å²) in [5.41, 5.74) is 0. The first-order valence-corrected chi connectivity index (χ1v) is 4.88. The van der Waals surface area contributed by atoms with Crippen LogP contribution >= 0.6 is 0 Å². The minimum atomic E-state index is 0.428. The second-order valence-electron chi connectivity index (χ2n) is 3.62. The lowest BCUT2D eigenvalue weighted by atomic mass is 9.84. The molecule has 1 aliphatic carbocycles. The van der Waals surface area contributed by atoms with Gasteiger partial charge < -0.3 is 4.74 Å². The quantitative estimate of drug-likeness (QED) is 0.473. The van der Waals surface area contributed by atoms with E-state index in [1.165, 1.54) is 12.8 Å².